The zero-order valence-corrected chi connectivity index (χ0v) is 13.0. The van der Waals surface area contributed by atoms with Crippen LogP contribution in [0.5, 0.6) is 0 Å². The summed E-state index contributed by atoms with van der Waals surface area (Å²) >= 11 is 0. The topological polar surface area (TPSA) is 46.2 Å². The maximum atomic E-state index is 12.3. The number of amides is 1. The predicted octanol–water partition coefficient (Wildman–Crippen LogP) is 4.24. The second kappa shape index (κ2) is 6.85. The summed E-state index contributed by atoms with van der Waals surface area (Å²) in [6, 6.07) is 15.0. The number of nitrogens with one attached hydrogen (secondary N) is 1. The molecule has 2 rings (SSSR count). The van der Waals surface area contributed by atoms with E-state index in [1.54, 1.807) is 19.1 Å². The summed E-state index contributed by atoms with van der Waals surface area (Å²) in [4.78, 5) is 23.7. The van der Waals surface area contributed by atoms with Gasteiger partial charge in [0, 0.05) is 16.8 Å². The molecule has 2 aromatic carbocycles. The maximum Gasteiger partial charge on any atom is 0.251 e. The van der Waals surface area contributed by atoms with Crippen LogP contribution in [-0.4, -0.2) is 11.7 Å². The Bertz CT molecular complexity index is 730. The lowest BCUT2D eigenvalue weighted by atomic mass is 10.1. The van der Waals surface area contributed by atoms with E-state index in [9.17, 15) is 9.59 Å². The SMILES string of the molecule is CC(=O)c1ccc(C)c(NC(=O)/C(C)=C/c2ccccc2)c1. The van der Waals surface area contributed by atoms with E-state index in [4.69, 9.17) is 0 Å². The van der Waals surface area contributed by atoms with E-state index in [-0.39, 0.29) is 11.7 Å². The Morgan fingerprint density at radius 2 is 1.68 bits per heavy atom. The molecular formula is C19H19NO2. The van der Waals surface area contributed by atoms with Crippen molar-refractivity contribution in [3.63, 3.8) is 0 Å². The Kier molecular flexibility index (Phi) is 4.89. The van der Waals surface area contributed by atoms with Crippen LogP contribution >= 0.6 is 0 Å². The van der Waals surface area contributed by atoms with Gasteiger partial charge in [-0.2, -0.15) is 0 Å². The molecule has 22 heavy (non-hydrogen) atoms. The Morgan fingerprint density at radius 3 is 2.32 bits per heavy atom. The van der Waals surface area contributed by atoms with Crippen LogP contribution in [0.1, 0.15) is 35.3 Å². The van der Waals surface area contributed by atoms with Gasteiger partial charge in [-0.3, -0.25) is 9.59 Å². The fraction of sp³-hybridized carbons (Fsp3) is 0.158. The van der Waals surface area contributed by atoms with Crippen molar-refractivity contribution in [2.45, 2.75) is 20.8 Å². The molecule has 0 heterocycles. The normalized spacial score (nSPS) is 11.1. The fourth-order valence-corrected chi connectivity index (χ4v) is 2.06. The Morgan fingerprint density at radius 1 is 1.00 bits per heavy atom. The first-order valence-electron chi connectivity index (χ1n) is 7.13. The van der Waals surface area contributed by atoms with Gasteiger partial charge in [0.2, 0.25) is 0 Å². The summed E-state index contributed by atoms with van der Waals surface area (Å²) in [6.07, 6.45) is 1.83. The van der Waals surface area contributed by atoms with E-state index in [0.717, 1.165) is 11.1 Å². The number of Topliss-reactive ketones (excluding diaryl/α,β-unsaturated/α-hetero) is 1. The average molecular weight is 293 g/mol. The number of carbonyl (C=O) groups is 2. The van der Waals surface area contributed by atoms with Gasteiger partial charge in [0.25, 0.3) is 5.91 Å². The monoisotopic (exact) mass is 293 g/mol. The molecule has 1 amide bonds. The van der Waals surface area contributed by atoms with E-state index in [1.165, 1.54) is 6.92 Å². The van der Waals surface area contributed by atoms with Crippen molar-refractivity contribution >= 4 is 23.5 Å². The van der Waals surface area contributed by atoms with E-state index in [2.05, 4.69) is 5.32 Å². The molecule has 1 N–H and O–H groups in total. The third-order valence-corrected chi connectivity index (χ3v) is 3.43. The number of benzene rings is 2. The molecule has 3 heteroatoms. The summed E-state index contributed by atoms with van der Waals surface area (Å²) in [6.45, 7) is 5.18. The van der Waals surface area contributed by atoms with Crippen LogP contribution in [0.4, 0.5) is 5.69 Å². The second-order valence-electron chi connectivity index (χ2n) is 5.28. The summed E-state index contributed by atoms with van der Waals surface area (Å²) in [5, 5.41) is 2.87. The van der Waals surface area contributed by atoms with Crippen LogP contribution in [0.3, 0.4) is 0 Å². The van der Waals surface area contributed by atoms with Crippen molar-refractivity contribution in [2.75, 3.05) is 5.32 Å². The van der Waals surface area contributed by atoms with Crippen LogP contribution in [0, 0.1) is 6.92 Å². The minimum atomic E-state index is -0.173. The minimum Gasteiger partial charge on any atom is -0.322 e. The highest BCUT2D eigenvalue weighted by Crippen LogP contribution is 2.18. The molecule has 0 atom stereocenters. The molecule has 2 aromatic rings. The van der Waals surface area contributed by atoms with Crippen molar-refractivity contribution in [2.24, 2.45) is 0 Å². The Balaban J connectivity index is 2.20. The van der Waals surface area contributed by atoms with E-state index < -0.39 is 0 Å². The summed E-state index contributed by atoms with van der Waals surface area (Å²) in [5.41, 5.74) is 3.76. The van der Waals surface area contributed by atoms with E-state index in [1.807, 2.05) is 49.4 Å². The van der Waals surface area contributed by atoms with Gasteiger partial charge in [0.15, 0.2) is 5.78 Å². The van der Waals surface area contributed by atoms with Crippen molar-refractivity contribution in [1.29, 1.82) is 0 Å². The van der Waals surface area contributed by atoms with Gasteiger partial charge in [0.05, 0.1) is 0 Å². The van der Waals surface area contributed by atoms with Crippen molar-refractivity contribution in [1.82, 2.24) is 0 Å². The lowest BCUT2D eigenvalue weighted by Gasteiger charge is -2.10. The van der Waals surface area contributed by atoms with Crippen LogP contribution in [0.25, 0.3) is 6.08 Å². The van der Waals surface area contributed by atoms with Crippen molar-refractivity contribution < 1.29 is 9.59 Å². The Hall–Kier alpha value is -2.68. The van der Waals surface area contributed by atoms with Gasteiger partial charge in [-0.05, 0) is 44.0 Å². The van der Waals surface area contributed by atoms with E-state index in [0.29, 0.717) is 16.8 Å². The molecule has 0 aromatic heterocycles. The molecule has 0 aliphatic heterocycles. The predicted molar refractivity (Wildman–Crippen MR) is 89.9 cm³/mol. The highest BCUT2D eigenvalue weighted by Gasteiger charge is 2.09. The largest absolute Gasteiger partial charge is 0.322 e. The molecule has 0 aliphatic carbocycles. The third-order valence-electron chi connectivity index (χ3n) is 3.43. The number of hydrogen-bond acceptors (Lipinski definition) is 2. The second-order valence-corrected chi connectivity index (χ2v) is 5.28. The molecule has 0 spiro atoms. The molecule has 3 nitrogen and oxygen atoms in total. The zero-order chi connectivity index (χ0) is 16.1. The zero-order valence-electron chi connectivity index (χ0n) is 13.0. The van der Waals surface area contributed by atoms with Crippen molar-refractivity contribution in [3.8, 4) is 0 Å². The molecular weight excluding hydrogens is 274 g/mol. The fourth-order valence-electron chi connectivity index (χ4n) is 2.06. The molecule has 0 fully saturated rings. The Labute approximate surface area is 130 Å². The quantitative estimate of drug-likeness (QED) is 0.677. The third kappa shape index (κ3) is 3.92. The molecule has 0 unspecified atom stereocenters. The van der Waals surface area contributed by atoms with Gasteiger partial charge in [-0.15, -0.1) is 0 Å². The average Bonchev–Trinajstić information content (AvgIpc) is 2.50. The first-order valence-corrected chi connectivity index (χ1v) is 7.13. The lowest BCUT2D eigenvalue weighted by molar-refractivity contribution is -0.112. The smallest absolute Gasteiger partial charge is 0.251 e. The van der Waals surface area contributed by atoms with Crippen molar-refractivity contribution in [3.05, 3.63) is 70.8 Å². The molecule has 0 bridgehead atoms. The summed E-state index contributed by atoms with van der Waals surface area (Å²) < 4.78 is 0. The first kappa shape index (κ1) is 15.7. The van der Waals surface area contributed by atoms with Crippen LogP contribution in [-0.2, 0) is 4.79 Å². The number of ketones is 1. The van der Waals surface area contributed by atoms with Crippen LogP contribution in [0.2, 0.25) is 0 Å². The molecule has 112 valence electrons. The maximum absolute atomic E-state index is 12.3. The highest BCUT2D eigenvalue weighted by atomic mass is 16.1. The minimum absolute atomic E-state index is 0.0213. The molecule has 0 radical (unpaired) electrons. The van der Waals surface area contributed by atoms with Gasteiger partial charge in [0.1, 0.15) is 0 Å². The van der Waals surface area contributed by atoms with Gasteiger partial charge in [-0.1, -0.05) is 42.5 Å². The standard InChI is InChI=1S/C19H19NO2/c1-13-9-10-17(15(3)21)12-18(13)20-19(22)14(2)11-16-7-5-4-6-8-16/h4-12H,1-3H3,(H,20,22)/b14-11+. The molecule has 0 aliphatic rings. The van der Waals surface area contributed by atoms with Gasteiger partial charge < -0.3 is 5.32 Å². The first-order chi connectivity index (χ1) is 10.5. The van der Waals surface area contributed by atoms with Gasteiger partial charge >= 0.3 is 0 Å². The highest BCUT2D eigenvalue weighted by molar-refractivity contribution is 6.07. The number of carbonyl (C=O) groups excluding carboxylic acids is 2. The number of rotatable bonds is 4. The lowest BCUT2D eigenvalue weighted by Crippen LogP contribution is -2.14. The van der Waals surface area contributed by atoms with Gasteiger partial charge in [-0.25, -0.2) is 0 Å². The summed E-state index contributed by atoms with van der Waals surface area (Å²) in [5.74, 6) is -0.195. The van der Waals surface area contributed by atoms with E-state index >= 15 is 0 Å². The number of anilines is 1. The molecule has 0 saturated heterocycles. The summed E-state index contributed by atoms with van der Waals surface area (Å²) in [7, 11) is 0. The number of hydrogen-bond donors (Lipinski definition) is 1. The number of aryl methyl sites for hydroxylation is 1. The van der Waals surface area contributed by atoms with Crippen LogP contribution in [0.15, 0.2) is 54.1 Å². The molecule has 0 saturated carbocycles. The van der Waals surface area contributed by atoms with Crippen LogP contribution < -0.4 is 5.32 Å².